The molecule has 94 valence electrons. The topological polar surface area (TPSA) is 47.6 Å². The van der Waals surface area contributed by atoms with Gasteiger partial charge in [-0.3, -0.25) is 4.79 Å². The number of benzene rings is 1. The maximum Gasteiger partial charge on any atom is 0.237 e. The van der Waals surface area contributed by atoms with E-state index in [1.54, 1.807) is 27.3 Å². The number of hydrogen-bond donors (Lipinski definition) is 1. The smallest absolute Gasteiger partial charge is 0.237 e. The second kappa shape index (κ2) is 6.39. The van der Waals surface area contributed by atoms with Gasteiger partial charge in [-0.25, -0.2) is 0 Å². The maximum atomic E-state index is 11.7. The van der Waals surface area contributed by atoms with Crippen molar-refractivity contribution >= 4 is 17.7 Å². The van der Waals surface area contributed by atoms with Crippen LogP contribution in [0.2, 0.25) is 0 Å². The third-order valence-corrected chi connectivity index (χ3v) is 3.39. The molecule has 1 amide bonds. The van der Waals surface area contributed by atoms with Gasteiger partial charge in [-0.2, -0.15) is 0 Å². The number of likely N-dealkylation sites (N-methyl/N-ethyl adjacent to an activating group) is 1. The molecule has 0 radical (unpaired) electrons. The molecule has 1 atom stereocenters. The Morgan fingerprint density at radius 3 is 2.41 bits per heavy atom. The predicted octanol–water partition coefficient (Wildman–Crippen LogP) is 1.85. The van der Waals surface area contributed by atoms with Crippen molar-refractivity contribution in [1.29, 1.82) is 0 Å². The van der Waals surface area contributed by atoms with Crippen LogP contribution >= 0.6 is 11.8 Å². The highest BCUT2D eigenvalue weighted by molar-refractivity contribution is 7.99. The number of amides is 1. The minimum Gasteiger partial charge on any atom is -0.493 e. The fraction of sp³-hybridized carbons (Fsp3) is 0.417. The van der Waals surface area contributed by atoms with Crippen LogP contribution in [0.25, 0.3) is 0 Å². The van der Waals surface area contributed by atoms with Crippen molar-refractivity contribution in [2.24, 2.45) is 0 Å². The van der Waals surface area contributed by atoms with Gasteiger partial charge in [0, 0.05) is 7.05 Å². The molecule has 1 aromatic rings. The largest absolute Gasteiger partial charge is 0.493 e. The molecule has 0 saturated carbocycles. The van der Waals surface area contributed by atoms with E-state index in [4.69, 9.17) is 9.47 Å². The highest BCUT2D eigenvalue weighted by Crippen LogP contribution is 2.34. The third-order valence-electron chi connectivity index (χ3n) is 2.43. The van der Waals surface area contributed by atoms with Crippen molar-refractivity contribution in [3.8, 4) is 11.5 Å². The molecule has 5 heteroatoms. The first-order chi connectivity index (χ1) is 8.17. The molecule has 1 aromatic carbocycles. The Morgan fingerprint density at radius 2 is 1.94 bits per heavy atom. The van der Waals surface area contributed by atoms with E-state index in [0.717, 1.165) is 5.56 Å². The van der Waals surface area contributed by atoms with E-state index in [-0.39, 0.29) is 11.2 Å². The predicted molar refractivity (Wildman–Crippen MR) is 69.9 cm³/mol. The number of ether oxygens (including phenoxy) is 2. The molecule has 1 N–H and O–H groups in total. The van der Waals surface area contributed by atoms with Crippen LogP contribution in [0.4, 0.5) is 0 Å². The zero-order valence-corrected chi connectivity index (χ0v) is 11.3. The third kappa shape index (κ3) is 3.06. The molecule has 0 spiro atoms. The van der Waals surface area contributed by atoms with Gasteiger partial charge in [-0.15, -0.1) is 11.8 Å². The van der Waals surface area contributed by atoms with Crippen LogP contribution < -0.4 is 14.8 Å². The summed E-state index contributed by atoms with van der Waals surface area (Å²) in [7, 11) is 4.80. The molecule has 4 nitrogen and oxygen atoms in total. The quantitative estimate of drug-likeness (QED) is 0.872. The molecule has 1 unspecified atom stereocenters. The van der Waals surface area contributed by atoms with E-state index >= 15 is 0 Å². The Balaban J connectivity index is 3.09. The lowest BCUT2D eigenvalue weighted by atomic mass is 10.1. The van der Waals surface area contributed by atoms with Crippen molar-refractivity contribution in [3.05, 3.63) is 23.8 Å². The van der Waals surface area contributed by atoms with Crippen LogP contribution in [-0.2, 0) is 4.79 Å². The summed E-state index contributed by atoms with van der Waals surface area (Å²) < 4.78 is 10.4. The van der Waals surface area contributed by atoms with Crippen LogP contribution in [0.15, 0.2) is 18.2 Å². The molecule has 0 heterocycles. The Kier molecular flexibility index (Phi) is 5.15. The summed E-state index contributed by atoms with van der Waals surface area (Å²) in [5, 5.41) is 2.41. The second-order valence-electron chi connectivity index (χ2n) is 3.34. The van der Waals surface area contributed by atoms with Gasteiger partial charge in [0.05, 0.1) is 14.2 Å². The van der Waals surface area contributed by atoms with Crippen LogP contribution in [0.5, 0.6) is 11.5 Å². The van der Waals surface area contributed by atoms with Gasteiger partial charge in [-0.1, -0.05) is 6.07 Å². The molecular formula is C12H17NO3S. The Bertz CT molecular complexity index is 395. The minimum absolute atomic E-state index is 0.0234. The summed E-state index contributed by atoms with van der Waals surface area (Å²) in [5.74, 6) is 1.27. The first-order valence-corrected chi connectivity index (χ1v) is 6.43. The van der Waals surface area contributed by atoms with Crippen molar-refractivity contribution < 1.29 is 14.3 Å². The summed E-state index contributed by atoms with van der Waals surface area (Å²) in [6.07, 6.45) is 1.90. The zero-order chi connectivity index (χ0) is 12.8. The fourth-order valence-electron chi connectivity index (χ4n) is 1.54. The van der Waals surface area contributed by atoms with Gasteiger partial charge < -0.3 is 14.8 Å². The van der Waals surface area contributed by atoms with Gasteiger partial charge in [0.2, 0.25) is 5.91 Å². The van der Waals surface area contributed by atoms with Crippen LogP contribution in [0, 0.1) is 0 Å². The van der Waals surface area contributed by atoms with Gasteiger partial charge in [0.15, 0.2) is 11.5 Å². The van der Waals surface area contributed by atoms with E-state index in [1.807, 2.05) is 18.4 Å². The van der Waals surface area contributed by atoms with Crippen molar-refractivity contribution in [2.45, 2.75) is 5.25 Å². The SMILES string of the molecule is CNC(=O)C(SC)c1ccc(OC)c(OC)c1. The highest BCUT2D eigenvalue weighted by Gasteiger charge is 2.19. The van der Waals surface area contributed by atoms with Gasteiger partial charge >= 0.3 is 0 Å². The summed E-state index contributed by atoms with van der Waals surface area (Å²) in [6.45, 7) is 0. The average Bonchev–Trinajstić information content (AvgIpc) is 2.38. The molecule has 0 saturated heterocycles. The number of carbonyl (C=O) groups is 1. The van der Waals surface area contributed by atoms with Crippen LogP contribution in [0.1, 0.15) is 10.8 Å². The monoisotopic (exact) mass is 255 g/mol. The van der Waals surface area contributed by atoms with E-state index in [2.05, 4.69) is 5.32 Å². The lowest BCUT2D eigenvalue weighted by Gasteiger charge is -2.15. The van der Waals surface area contributed by atoms with Gasteiger partial charge in [0.1, 0.15) is 5.25 Å². The highest BCUT2D eigenvalue weighted by atomic mass is 32.2. The lowest BCUT2D eigenvalue weighted by molar-refractivity contribution is -0.120. The molecule has 0 aromatic heterocycles. The number of carbonyl (C=O) groups excluding carboxylic acids is 1. The summed E-state index contributed by atoms with van der Waals surface area (Å²) >= 11 is 1.48. The number of methoxy groups -OCH3 is 2. The normalized spacial score (nSPS) is 11.8. The van der Waals surface area contributed by atoms with Crippen molar-refractivity contribution in [2.75, 3.05) is 27.5 Å². The molecule has 0 aliphatic carbocycles. The average molecular weight is 255 g/mol. The Labute approximate surface area is 106 Å². The van der Waals surface area contributed by atoms with Gasteiger partial charge in [0.25, 0.3) is 0 Å². The Morgan fingerprint density at radius 1 is 1.29 bits per heavy atom. The lowest BCUT2D eigenvalue weighted by Crippen LogP contribution is -2.23. The molecule has 0 bridgehead atoms. The number of rotatable bonds is 5. The van der Waals surface area contributed by atoms with E-state index in [0.29, 0.717) is 11.5 Å². The molecule has 17 heavy (non-hydrogen) atoms. The minimum atomic E-state index is -0.236. The van der Waals surface area contributed by atoms with E-state index in [9.17, 15) is 4.79 Å². The number of nitrogens with one attached hydrogen (secondary N) is 1. The van der Waals surface area contributed by atoms with E-state index < -0.39 is 0 Å². The number of thioether (sulfide) groups is 1. The van der Waals surface area contributed by atoms with Crippen LogP contribution in [0.3, 0.4) is 0 Å². The van der Waals surface area contributed by atoms with Crippen molar-refractivity contribution in [3.63, 3.8) is 0 Å². The Hall–Kier alpha value is -1.36. The molecule has 0 aliphatic rings. The summed E-state index contributed by atoms with van der Waals surface area (Å²) in [5.41, 5.74) is 0.898. The fourth-order valence-corrected chi connectivity index (χ4v) is 2.29. The molecule has 0 fully saturated rings. The first kappa shape index (κ1) is 13.7. The maximum absolute atomic E-state index is 11.7. The van der Waals surface area contributed by atoms with Crippen LogP contribution in [-0.4, -0.2) is 33.4 Å². The molecule has 0 aliphatic heterocycles. The zero-order valence-electron chi connectivity index (χ0n) is 10.4. The summed E-state index contributed by atoms with van der Waals surface area (Å²) in [6, 6.07) is 5.51. The van der Waals surface area contributed by atoms with Gasteiger partial charge in [-0.05, 0) is 24.0 Å². The molecule has 1 rings (SSSR count). The van der Waals surface area contributed by atoms with Crippen molar-refractivity contribution in [1.82, 2.24) is 5.32 Å². The van der Waals surface area contributed by atoms with E-state index in [1.165, 1.54) is 11.8 Å². The standard InChI is InChI=1S/C12H17NO3S/c1-13-12(14)11(17-4)8-5-6-9(15-2)10(7-8)16-3/h5-7,11H,1-4H3,(H,13,14). The number of hydrogen-bond acceptors (Lipinski definition) is 4. The summed E-state index contributed by atoms with van der Waals surface area (Å²) in [4.78, 5) is 11.7. The molecular weight excluding hydrogens is 238 g/mol. The first-order valence-electron chi connectivity index (χ1n) is 5.14. The second-order valence-corrected chi connectivity index (χ2v) is 4.29.